The molecule has 0 amide bonds. The van der Waals surface area contributed by atoms with Gasteiger partial charge >= 0.3 is 5.97 Å². The summed E-state index contributed by atoms with van der Waals surface area (Å²) < 4.78 is 5.99. The number of rotatable bonds is 3. The maximum atomic E-state index is 12.7. The number of nitrogens with zero attached hydrogens (tertiary/aromatic N) is 3. The summed E-state index contributed by atoms with van der Waals surface area (Å²) >= 11 is 1.26. The zero-order valence-corrected chi connectivity index (χ0v) is 15.8. The molecule has 0 atom stereocenters. The molecule has 0 saturated carbocycles. The summed E-state index contributed by atoms with van der Waals surface area (Å²) in [5.41, 5.74) is 3.76. The van der Waals surface area contributed by atoms with Gasteiger partial charge in [-0.3, -0.25) is 4.79 Å². The number of ether oxygens (including phenoxy) is 1. The normalized spacial score (nSPS) is 11.1. The number of esters is 1. The van der Waals surface area contributed by atoms with Gasteiger partial charge in [-0.2, -0.15) is 4.52 Å². The number of aryl methyl sites for hydroxylation is 2. The van der Waals surface area contributed by atoms with E-state index in [1.54, 1.807) is 18.2 Å². The summed E-state index contributed by atoms with van der Waals surface area (Å²) in [7, 11) is 1.31. The average Bonchev–Trinajstić information content (AvgIpc) is 3.06. The van der Waals surface area contributed by atoms with Gasteiger partial charge in [0.05, 0.1) is 23.6 Å². The van der Waals surface area contributed by atoms with Crippen molar-refractivity contribution in [3.05, 3.63) is 63.4 Å². The van der Waals surface area contributed by atoms with Gasteiger partial charge in [0.15, 0.2) is 0 Å². The van der Waals surface area contributed by atoms with Crippen molar-refractivity contribution in [3.8, 4) is 0 Å². The minimum atomic E-state index is -0.472. The highest BCUT2D eigenvalue weighted by molar-refractivity contribution is 7.20. The van der Waals surface area contributed by atoms with Crippen LogP contribution in [0.15, 0.2) is 41.2 Å². The first-order valence-corrected chi connectivity index (χ1v) is 9.04. The average molecular weight is 380 g/mol. The Labute approximate surface area is 158 Å². The van der Waals surface area contributed by atoms with Crippen molar-refractivity contribution in [2.24, 2.45) is 0 Å². The zero-order chi connectivity index (χ0) is 19.1. The van der Waals surface area contributed by atoms with Crippen molar-refractivity contribution in [1.82, 2.24) is 14.6 Å². The number of aromatic nitrogens is 3. The predicted molar refractivity (Wildman–Crippen MR) is 105 cm³/mol. The Morgan fingerprint density at radius 3 is 2.70 bits per heavy atom. The molecule has 0 spiro atoms. The van der Waals surface area contributed by atoms with Gasteiger partial charge < -0.3 is 10.1 Å². The summed E-state index contributed by atoms with van der Waals surface area (Å²) in [6.45, 7) is 4.09. The van der Waals surface area contributed by atoms with Crippen molar-refractivity contribution in [2.75, 3.05) is 12.4 Å². The third kappa shape index (κ3) is 3.04. The molecule has 7 nitrogen and oxygen atoms in total. The Bertz CT molecular complexity index is 1260. The Morgan fingerprint density at radius 1 is 1.15 bits per heavy atom. The number of hydrogen-bond donors (Lipinski definition) is 1. The number of methoxy groups -OCH3 is 1. The summed E-state index contributed by atoms with van der Waals surface area (Å²) in [5, 5.41) is 8.51. The molecular formula is C19H16N4O3S. The van der Waals surface area contributed by atoms with E-state index in [9.17, 15) is 9.59 Å². The van der Waals surface area contributed by atoms with Crippen LogP contribution in [0.5, 0.6) is 0 Å². The third-order valence-electron chi connectivity index (χ3n) is 4.38. The molecule has 4 rings (SSSR count). The van der Waals surface area contributed by atoms with Crippen LogP contribution in [0.2, 0.25) is 0 Å². The monoisotopic (exact) mass is 380 g/mol. The lowest BCUT2D eigenvalue weighted by Crippen LogP contribution is -2.15. The van der Waals surface area contributed by atoms with Crippen LogP contribution < -0.4 is 10.9 Å². The first-order chi connectivity index (χ1) is 13.0. The molecule has 0 aliphatic carbocycles. The smallest absolute Gasteiger partial charge is 0.337 e. The zero-order valence-electron chi connectivity index (χ0n) is 14.9. The molecule has 0 saturated heterocycles. The first kappa shape index (κ1) is 17.2. The van der Waals surface area contributed by atoms with E-state index in [0.29, 0.717) is 26.6 Å². The van der Waals surface area contributed by atoms with Gasteiger partial charge in [-0.05, 0) is 55.3 Å². The Morgan fingerprint density at radius 2 is 1.96 bits per heavy atom. The van der Waals surface area contributed by atoms with E-state index in [-0.39, 0.29) is 5.56 Å². The maximum absolute atomic E-state index is 12.7. The number of carbonyl (C=O) groups excluding carboxylic acids is 1. The Balaban J connectivity index is 1.80. The topological polar surface area (TPSA) is 85.6 Å². The quantitative estimate of drug-likeness (QED) is 0.548. The van der Waals surface area contributed by atoms with E-state index in [1.807, 2.05) is 25.1 Å². The van der Waals surface area contributed by atoms with Gasteiger partial charge in [-0.25, -0.2) is 9.78 Å². The van der Waals surface area contributed by atoms with Gasteiger partial charge in [0.25, 0.3) is 5.56 Å². The van der Waals surface area contributed by atoms with E-state index in [4.69, 9.17) is 4.74 Å². The fourth-order valence-corrected chi connectivity index (χ4v) is 3.56. The summed E-state index contributed by atoms with van der Waals surface area (Å²) in [6.07, 6.45) is 0. The number of fused-ring (bicyclic) bond motifs is 2. The SMILES string of the molecule is COC(=O)c1ccc2c(=O)n3nc(Nc4ccc(C)c(C)c4)sc3nc2c1. The largest absolute Gasteiger partial charge is 0.465 e. The van der Waals surface area contributed by atoms with E-state index >= 15 is 0 Å². The molecule has 136 valence electrons. The standard InChI is InChI=1S/C19H16N4O3S/c1-10-4-6-13(8-11(10)2)20-18-22-23-16(24)14-7-5-12(17(25)26-3)9-15(14)21-19(23)27-18/h4-9H,1-3H3,(H,20,22). The minimum absolute atomic E-state index is 0.282. The molecule has 0 unspecified atom stereocenters. The van der Waals surface area contributed by atoms with Crippen molar-refractivity contribution >= 4 is 44.0 Å². The highest BCUT2D eigenvalue weighted by atomic mass is 32.1. The number of benzene rings is 2. The molecule has 2 aromatic carbocycles. The highest BCUT2D eigenvalue weighted by Gasteiger charge is 2.14. The molecule has 0 bridgehead atoms. The summed E-state index contributed by atoms with van der Waals surface area (Å²) in [4.78, 5) is 29.4. The number of nitrogens with one attached hydrogen (secondary N) is 1. The van der Waals surface area contributed by atoms with Gasteiger partial charge in [-0.15, -0.1) is 5.10 Å². The van der Waals surface area contributed by atoms with E-state index in [1.165, 1.54) is 28.5 Å². The minimum Gasteiger partial charge on any atom is -0.465 e. The van der Waals surface area contributed by atoms with Crippen LogP contribution in [-0.4, -0.2) is 27.7 Å². The van der Waals surface area contributed by atoms with Crippen LogP contribution in [0, 0.1) is 13.8 Å². The van der Waals surface area contributed by atoms with E-state index in [2.05, 4.69) is 22.3 Å². The number of anilines is 2. The lowest BCUT2D eigenvalue weighted by atomic mass is 10.1. The second kappa shape index (κ2) is 6.48. The Hall–Kier alpha value is -3.26. The molecule has 4 aromatic rings. The van der Waals surface area contributed by atoms with Crippen LogP contribution in [0.25, 0.3) is 15.9 Å². The molecule has 0 aliphatic rings. The lowest BCUT2D eigenvalue weighted by molar-refractivity contribution is 0.0601. The van der Waals surface area contributed by atoms with Gasteiger partial charge in [0.1, 0.15) is 0 Å². The summed E-state index contributed by atoms with van der Waals surface area (Å²) in [5.74, 6) is -0.472. The van der Waals surface area contributed by atoms with Crippen LogP contribution >= 0.6 is 11.3 Å². The van der Waals surface area contributed by atoms with E-state index in [0.717, 1.165) is 11.3 Å². The molecule has 8 heteroatoms. The van der Waals surface area contributed by atoms with Crippen LogP contribution in [-0.2, 0) is 4.74 Å². The van der Waals surface area contributed by atoms with Crippen LogP contribution in [0.4, 0.5) is 10.8 Å². The van der Waals surface area contributed by atoms with Crippen molar-refractivity contribution < 1.29 is 9.53 Å². The van der Waals surface area contributed by atoms with Crippen molar-refractivity contribution in [2.45, 2.75) is 13.8 Å². The molecule has 2 aromatic heterocycles. The van der Waals surface area contributed by atoms with Gasteiger partial charge in [0, 0.05) is 5.69 Å². The first-order valence-electron chi connectivity index (χ1n) is 8.22. The molecule has 2 heterocycles. The number of carbonyl (C=O) groups is 1. The molecular weight excluding hydrogens is 364 g/mol. The third-order valence-corrected chi connectivity index (χ3v) is 5.20. The Kier molecular flexibility index (Phi) is 4.12. The second-order valence-electron chi connectivity index (χ2n) is 6.17. The molecule has 1 N–H and O–H groups in total. The van der Waals surface area contributed by atoms with Crippen LogP contribution in [0.3, 0.4) is 0 Å². The molecule has 0 fully saturated rings. The van der Waals surface area contributed by atoms with Crippen molar-refractivity contribution in [1.29, 1.82) is 0 Å². The molecule has 27 heavy (non-hydrogen) atoms. The maximum Gasteiger partial charge on any atom is 0.337 e. The predicted octanol–water partition coefficient (Wildman–Crippen LogP) is 3.45. The van der Waals surface area contributed by atoms with Crippen molar-refractivity contribution in [3.63, 3.8) is 0 Å². The lowest BCUT2D eigenvalue weighted by Gasteiger charge is -2.05. The number of hydrogen-bond acceptors (Lipinski definition) is 7. The fourth-order valence-electron chi connectivity index (χ4n) is 2.75. The van der Waals surface area contributed by atoms with Gasteiger partial charge in [0.2, 0.25) is 10.1 Å². The fraction of sp³-hybridized carbons (Fsp3) is 0.158. The molecule has 0 aliphatic heterocycles. The van der Waals surface area contributed by atoms with Crippen LogP contribution in [0.1, 0.15) is 21.5 Å². The second-order valence-corrected chi connectivity index (χ2v) is 7.12. The van der Waals surface area contributed by atoms with E-state index < -0.39 is 5.97 Å². The summed E-state index contributed by atoms with van der Waals surface area (Å²) in [6, 6.07) is 10.7. The highest BCUT2D eigenvalue weighted by Crippen LogP contribution is 2.24. The van der Waals surface area contributed by atoms with Gasteiger partial charge in [-0.1, -0.05) is 17.4 Å². The molecule has 0 radical (unpaired) electrons.